The molecule has 0 N–H and O–H groups in total. The quantitative estimate of drug-likeness (QED) is 0.568. The molecule has 0 heterocycles. The zero-order valence-electron chi connectivity index (χ0n) is 9.34. The first kappa shape index (κ1) is 13.2. The van der Waals surface area contributed by atoms with Crippen molar-refractivity contribution in [2.24, 2.45) is 0 Å². The minimum absolute atomic E-state index is 0.00442. The summed E-state index contributed by atoms with van der Waals surface area (Å²) in [5.41, 5.74) is 0.0460. The van der Waals surface area contributed by atoms with Gasteiger partial charge in [-0.3, -0.25) is 0 Å². The van der Waals surface area contributed by atoms with E-state index >= 15 is 0 Å². The second-order valence-electron chi connectivity index (χ2n) is 3.35. The summed E-state index contributed by atoms with van der Waals surface area (Å²) >= 11 is 0. The number of ether oxygens (including phenoxy) is 1. The van der Waals surface area contributed by atoms with Crippen molar-refractivity contribution in [3.8, 4) is 0 Å². The molecule has 0 fully saturated rings. The van der Waals surface area contributed by atoms with Gasteiger partial charge >= 0.3 is 5.97 Å². The number of esters is 1. The van der Waals surface area contributed by atoms with Crippen molar-refractivity contribution in [3.63, 3.8) is 0 Å². The van der Waals surface area contributed by atoms with Crippen molar-refractivity contribution in [2.45, 2.75) is 0 Å². The summed E-state index contributed by atoms with van der Waals surface area (Å²) in [6.45, 7) is 0. The van der Waals surface area contributed by atoms with Crippen LogP contribution in [0.1, 0.15) is 15.9 Å². The van der Waals surface area contributed by atoms with Crippen molar-refractivity contribution in [1.29, 1.82) is 0 Å². The largest absolute Gasteiger partial charge is 0.872 e. The van der Waals surface area contributed by atoms with E-state index in [0.29, 0.717) is 5.41 Å². The SMILES string of the molecule is COC(=O)c1ccccc1/C([O-])=C/S(C)(=O)=O. The normalized spacial score (nSPS) is 12.2. The molecule has 0 aromatic heterocycles. The fraction of sp³-hybridized carbons (Fsp3) is 0.182. The van der Waals surface area contributed by atoms with Crippen LogP contribution < -0.4 is 5.11 Å². The third-order valence-electron chi connectivity index (χ3n) is 1.92. The summed E-state index contributed by atoms with van der Waals surface area (Å²) in [4.78, 5) is 11.4. The second-order valence-corrected chi connectivity index (χ2v) is 5.24. The van der Waals surface area contributed by atoms with E-state index in [9.17, 15) is 18.3 Å². The molecule has 0 saturated heterocycles. The van der Waals surface area contributed by atoms with E-state index in [1.54, 1.807) is 6.07 Å². The smallest absolute Gasteiger partial charge is 0.338 e. The lowest BCUT2D eigenvalue weighted by atomic mass is 10.1. The second kappa shape index (κ2) is 5.01. The maximum Gasteiger partial charge on any atom is 0.338 e. The number of hydrogen-bond donors (Lipinski definition) is 0. The van der Waals surface area contributed by atoms with Crippen LogP contribution in [0.25, 0.3) is 5.76 Å². The third kappa shape index (κ3) is 3.60. The van der Waals surface area contributed by atoms with E-state index in [4.69, 9.17) is 0 Å². The molecular formula is C11H11O5S-. The number of carbonyl (C=O) groups excluding carboxylic acids is 1. The molecule has 0 saturated carbocycles. The van der Waals surface area contributed by atoms with Crippen LogP contribution in [-0.2, 0) is 14.6 Å². The number of sulfone groups is 1. The number of benzene rings is 1. The third-order valence-corrected chi connectivity index (χ3v) is 2.56. The Morgan fingerprint density at radius 3 is 2.29 bits per heavy atom. The average Bonchev–Trinajstić information content (AvgIpc) is 2.25. The number of carbonyl (C=O) groups is 1. The highest BCUT2D eigenvalue weighted by molar-refractivity contribution is 7.93. The molecule has 0 bridgehead atoms. The van der Waals surface area contributed by atoms with E-state index in [-0.39, 0.29) is 11.1 Å². The van der Waals surface area contributed by atoms with Crippen molar-refractivity contribution in [2.75, 3.05) is 13.4 Å². The average molecular weight is 255 g/mol. The van der Waals surface area contributed by atoms with Gasteiger partial charge in [-0.25, -0.2) is 13.2 Å². The Morgan fingerprint density at radius 2 is 1.82 bits per heavy atom. The summed E-state index contributed by atoms with van der Waals surface area (Å²) in [5, 5.41) is 12.2. The van der Waals surface area contributed by atoms with Gasteiger partial charge in [0.2, 0.25) is 0 Å². The Bertz CT molecular complexity index is 557. The summed E-state index contributed by atoms with van der Waals surface area (Å²) < 4.78 is 26.4. The lowest BCUT2D eigenvalue weighted by Gasteiger charge is -2.14. The minimum Gasteiger partial charge on any atom is -0.872 e. The molecule has 1 aromatic rings. The summed E-state index contributed by atoms with van der Waals surface area (Å²) in [5.74, 6) is -1.43. The van der Waals surface area contributed by atoms with Crippen molar-refractivity contribution >= 4 is 21.6 Å². The predicted octanol–water partition coefficient (Wildman–Crippen LogP) is 0.177. The molecule has 6 heteroatoms. The maximum atomic E-state index is 11.7. The van der Waals surface area contributed by atoms with Crippen LogP contribution in [0.15, 0.2) is 29.7 Å². The molecule has 0 radical (unpaired) electrons. The molecule has 0 aliphatic carbocycles. The van der Waals surface area contributed by atoms with Crippen LogP contribution in [0.2, 0.25) is 0 Å². The van der Waals surface area contributed by atoms with Crippen LogP contribution in [0, 0.1) is 0 Å². The first-order chi connectivity index (χ1) is 7.85. The van der Waals surface area contributed by atoms with Crippen LogP contribution in [0.4, 0.5) is 0 Å². The molecule has 0 spiro atoms. The summed E-state index contributed by atoms with van der Waals surface area (Å²) in [6, 6.07) is 5.87. The van der Waals surface area contributed by atoms with Gasteiger partial charge in [0, 0.05) is 11.7 Å². The van der Waals surface area contributed by atoms with E-state index in [2.05, 4.69) is 4.74 Å². The first-order valence-electron chi connectivity index (χ1n) is 4.61. The molecule has 0 atom stereocenters. The minimum atomic E-state index is -3.55. The Kier molecular flexibility index (Phi) is 3.90. The topological polar surface area (TPSA) is 83.5 Å². The fourth-order valence-electron chi connectivity index (χ4n) is 1.24. The Morgan fingerprint density at radius 1 is 1.29 bits per heavy atom. The molecule has 1 rings (SSSR count). The molecule has 1 aromatic carbocycles. The zero-order chi connectivity index (χ0) is 13.1. The van der Waals surface area contributed by atoms with Gasteiger partial charge in [0.15, 0.2) is 9.84 Å². The van der Waals surface area contributed by atoms with Crippen LogP contribution in [-0.4, -0.2) is 27.8 Å². The molecular weight excluding hydrogens is 244 g/mol. The van der Waals surface area contributed by atoms with Gasteiger partial charge in [-0.05, 0) is 11.6 Å². The van der Waals surface area contributed by atoms with Crippen LogP contribution >= 0.6 is 0 Å². The van der Waals surface area contributed by atoms with E-state index < -0.39 is 21.6 Å². The molecule has 0 aliphatic rings. The molecule has 17 heavy (non-hydrogen) atoms. The first-order valence-corrected chi connectivity index (χ1v) is 6.57. The molecule has 0 aliphatic heterocycles. The highest BCUT2D eigenvalue weighted by Gasteiger charge is 2.10. The molecule has 0 unspecified atom stereocenters. The molecule has 5 nitrogen and oxygen atoms in total. The van der Waals surface area contributed by atoms with Crippen molar-refractivity contribution in [3.05, 3.63) is 40.8 Å². The number of methoxy groups -OCH3 is 1. The maximum absolute atomic E-state index is 11.7. The summed E-state index contributed by atoms with van der Waals surface area (Å²) in [7, 11) is -2.36. The fourth-order valence-corrected chi connectivity index (χ4v) is 1.76. The van der Waals surface area contributed by atoms with Crippen LogP contribution in [0.5, 0.6) is 0 Å². The van der Waals surface area contributed by atoms with Crippen LogP contribution in [0.3, 0.4) is 0 Å². The predicted molar refractivity (Wildman–Crippen MR) is 60.6 cm³/mol. The van der Waals surface area contributed by atoms with Gasteiger partial charge in [0.25, 0.3) is 0 Å². The Hall–Kier alpha value is -1.82. The van der Waals surface area contributed by atoms with Gasteiger partial charge in [-0.1, -0.05) is 24.0 Å². The van der Waals surface area contributed by atoms with E-state index in [1.807, 2.05) is 0 Å². The van der Waals surface area contributed by atoms with Gasteiger partial charge < -0.3 is 9.84 Å². The number of rotatable bonds is 3. The lowest BCUT2D eigenvalue weighted by Crippen LogP contribution is -2.11. The standard InChI is InChI=1S/C11H12O5S/c1-16-11(13)9-6-4-3-5-8(9)10(12)7-17(2,14)15/h3-7,12H,1-2H3/p-1/b10-7-. The van der Waals surface area contributed by atoms with Gasteiger partial charge in [-0.15, -0.1) is 0 Å². The molecule has 0 amide bonds. The van der Waals surface area contributed by atoms with Gasteiger partial charge in [0.05, 0.1) is 12.7 Å². The summed E-state index contributed by atoms with van der Waals surface area (Å²) in [6.07, 6.45) is 0.908. The Balaban J connectivity index is 3.33. The van der Waals surface area contributed by atoms with Gasteiger partial charge in [0.1, 0.15) is 0 Å². The molecule has 92 valence electrons. The van der Waals surface area contributed by atoms with Gasteiger partial charge in [-0.2, -0.15) is 0 Å². The monoisotopic (exact) mass is 255 g/mol. The zero-order valence-corrected chi connectivity index (χ0v) is 10.2. The Labute approximate surface area is 99.3 Å². The highest BCUT2D eigenvalue weighted by atomic mass is 32.2. The van der Waals surface area contributed by atoms with E-state index in [1.165, 1.54) is 25.3 Å². The number of hydrogen-bond acceptors (Lipinski definition) is 5. The van der Waals surface area contributed by atoms with E-state index in [0.717, 1.165) is 6.26 Å². The van der Waals surface area contributed by atoms with Crippen molar-refractivity contribution in [1.82, 2.24) is 0 Å². The van der Waals surface area contributed by atoms with Crippen molar-refractivity contribution < 1.29 is 23.1 Å². The lowest BCUT2D eigenvalue weighted by molar-refractivity contribution is -0.243. The highest BCUT2D eigenvalue weighted by Crippen LogP contribution is 2.16.